The van der Waals surface area contributed by atoms with Crippen molar-refractivity contribution in [2.45, 2.75) is 63.2 Å². The number of hydrogen-bond acceptors (Lipinski definition) is 1. The molecule has 9 aromatic carbocycles. The Kier molecular flexibility index (Phi) is 9.13. The Bertz CT molecular complexity index is 3370. The SMILES string of the molecule is CC(c1ccc2c(c1)C(C)(C)c1cc(CCC3c4ccccc4-c4c(-c5ccccc5)cccc43)c3ccccc3c1-2)C(Cc1ccccc1)c1ccc2c(c1)sc1ccccc12. The number of thiophene rings is 1. The van der Waals surface area contributed by atoms with E-state index in [0.29, 0.717) is 17.8 Å². The number of benzene rings is 9. The third kappa shape index (κ3) is 6.23. The van der Waals surface area contributed by atoms with Crippen molar-refractivity contribution in [1.82, 2.24) is 0 Å². The molecule has 12 rings (SSSR count). The summed E-state index contributed by atoms with van der Waals surface area (Å²) >= 11 is 1.92. The second-order valence-corrected chi connectivity index (χ2v) is 19.8. The molecule has 10 aromatic rings. The number of aryl methyl sites for hydroxylation is 1. The van der Waals surface area contributed by atoms with Gasteiger partial charge in [-0.15, -0.1) is 11.3 Å². The standard InChI is InChI=1S/C62H50S/c1-39(55(35-40-17-6-4-7-18-40)44-31-33-50-49-23-14-15-28-58(49)63-59(50)38-44)42-29-34-54-56(36-42)62(2,3)57-37-43(45-21-10-12-24-51(45)61(54)57)30-32-48-47-22-11-13-25-52(47)60-46(26-16-27-53(48)60)41-19-8-5-9-20-41/h4-29,31,33-34,36-39,48,55H,30,32,35H2,1-3H3. The molecule has 0 N–H and O–H groups in total. The van der Waals surface area contributed by atoms with Crippen LogP contribution in [0.5, 0.6) is 0 Å². The zero-order chi connectivity index (χ0) is 42.2. The van der Waals surface area contributed by atoms with E-state index in [2.05, 4.69) is 215 Å². The van der Waals surface area contributed by atoms with Crippen molar-refractivity contribution >= 4 is 42.3 Å². The van der Waals surface area contributed by atoms with Gasteiger partial charge in [0.05, 0.1) is 0 Å². The topological polar surface area (TPSA) is 0 Å². The summed E-state index contributed by atoms with van der Waals surface area (Å²) in [5.74, 6) is 0.993. The zero-order valence-corrected chi connectivity index (χ0v) is 37.1. The highest BCUT2D eigenvalue weighted by atomic mass is 32.1. The van der Waals surface area contributed by atoms with E-state index >= 15 is 0 Å². The average molecular weight is 827 g/mol. The summed E-state index contributed by atoms with van der Waals surface area (Å²) in [5, 5.41) is 5.50. The highest BCUT2D eigenvalue weighted by Gasteiger charge is 2.38. The van der Waals surface area contributed by atoms with Gasteiger partial charge < -0.3 is 0 Å². The van der Waals surface area contributed by atoms with Crippen LogP contribution >= 0.6 is 11.3 Å². The summed E-state index contributed by atoms with van der Waals surface area (Å²) in [6.07, 6.45) is 3.08. The molecule has 0 spiro atoms. The Morgan fingerprint density at radius 3 is 2.00 bits per heavy atom. The van der Waals surface area contributed by atoms with Gasteiger partial charge in [-0.1, -0.05) is 203 Å². The van der Waals surface area contributed by atoms with Crippen LogP contribution in [0.4, 0.5) is 0 Å². The van der Waals surface area contributed by atoms with Crippen molar-refractivity contribution in [1.29, 1.82) is 0 Å². The molecule has 304 valence electrons. The first-order valence-corrected chi connectivity index (χ1v) is 23.7. The van der Waals surface area contributed by atoms with Crippen molar-refractivity contribution in [2.24, 2.45) is 0 Å². The van der Waals surface area contributed by atoms with Crippen LogP contribution in [0, 0.1) is 0 Å². The molecular weight excluding hydrogens is 777 g/mol. The van der Waals surface area contributed by atoms with Gasteiger partial charge in [-0.3, -0.25) is 0 Å². The van der Waals surface area contributed by atoms with Crippen molar-refractivity contribution < 1.29 is 0 Å². The maximum atomic E-state index is 2.60. The summed E-state index contributed by atoms with van der Waals surface area (Å²) in [5.41, 5.74) is 19.7. The summed E-state index contributed by atoms with van der Waals surface area (Å²) in [4.78, 5) is 0. The van der Waals surface area contributed by atoms with E-state index in [1.54, 1.807) is 0 Å². The van der Waals surface area contributed by atoms with E-state index in [4.69, 9.17) is 0 Å². The van der Waals surface area contributed by atoms with E-state index < -0.39 is 0 Å². The molecule has 0 aliphatic heterocycles. The van der Waals surface area contributed by atoms with Crippen LogP contribution in [0.2, 0.25) is 0 Å². The molecule has 3 unspecified atom stereocenters. The van der Waals surface area contributed by atoms with Crippen molar-refractivity contribution in [2.75, 3.05) is 0 Å². The predicted molar refractivity (Wildman–Crippen MR) is 270 cm³/mol. The molecule has 2 aliphatic carbocycles. The molecule has 1 aromatic heterocycles. The van der Waals surface area contributed by atoms with E-state index in [1.807, 2.05) is 11.3 Å². The maximum absolute atomic E-state index is 2.60. The normalized spacial score (nSPS) is 15.6. The minimum atomic E-state index is -0.138. The second kappa shape index (κ2) is 15.1. The van der Waals surface area contributed by atoms with Gasteiger partial charge in [0.1, 0.15) is 0 Å². The minimum Gasteiger partial charge on any atom is -0.135 e. The Morgan fingerprint density at radius 1 is 0.492 bits per heavy atom. The van der Waals surface area contributed by atoms with Gasteiger partial charge >= 0.3 is 0 Å². The highest BCUT2D eigenvalue weighted by molar-refractivity contribution is 7.25. The van der Waals surface area contributed by atoms with Gasteiger partial charge in [-0.25, -0.2) is 0 Å². The minimum absolute atomic E-state index is 0.138. The number of rotatable bonds is 9. The molecule has 0 nitrogen and oxygen atoms in total. The maximum Gasteiger partial charge on any atom is 0.0358 e. The van der Waals surface area contributed by atoms with Gasteiger partial charge in [0.25, 0.3) is 0 Å². The molecule has 0 bridgehead atoms. The first kappa shape index (κ1) is 38.2. The third-order valence-electron chi connectivity index (χ3n) is 14.9. The van der Waals surface area contributed by atoms with Gasteiger partial charge in [0, 0.05) is 31.5 Å². The van der Waals surface area contributed by atoms with E-state index in [-0.39, 0.29) is 5.41 Å². The molecule has 2 aliphatic rings. The quantitative estimate of drug-likeness (QED) is 0.136. The first-order valence-electron chi connectivity index (χ1n) is 22.8. The van der Waals surface area contributed by atoms with Crippen LogP contribution in [0.25, 0.3) is 64.3 Å². The second-order valence-electron chi connectivity index (χ2n) is 18.7. The van der Waals surface area contributed by atoms with E-state index in [9.17, 15) is 0 Å². The Hall–Kier alpha value is -6.54. The Morgan fingerprint density at radius 2 is 1.16 bits per heavy atom. The lowest BCUT2D eigenvalue weighted by Gasteiger charge is -2.28. The molecule has 0 amide bonds. The van der Waals surface area contributed by atoms with Crippen LogP contribution in [-0.4, -0.2) is 0 Å². The predicted octanol–water partition coefficient (Wildman–Crippen LogP) is 17.1. The van der Waals surface area contributed by atoms with Crippen LogP contribution in [0.15, 0.2) is 194 Å². The Labute approximate surface area is 375 Å². The van der Waals surface area contributed by atoms with Crippen LogP contribution in [0.3, 0.4) is 0 Å². The van der Waals surface area contributed by atoms with Crippen molar-refractivity contribution in [3.8, 4) is 33.4 Å². The molecule has 0 radical (unpaired) electrons. The molecular formula is C62H50S. The molecule has 0 saturated carbocycles. The van der Waals surface area contributed by atoms with E-state index in [0.717, 1.165) is 19.3 Å². The molecule has 1 heteroatoms. The van der Waals surface area contributed by atoms with Crippen molar-refractivity contribution in [3.05, 3.63) is 239 Å². The fourth-order valence-electron chi connectivity index (χ4n) is 11.6. The number of fused-ring (bicyclic) bond motifs is 11. The van der Waals surface area contributed by atoms with Gasteiger partial charge in [-0.2, -0.15) is 0 Å². The molecule has 63 heavy (non-hydrogen) atoms. The van der Waals surface area contributed by atoms with Crippen LogP contribution in [-0.2, 0) is 18.3 Å². The highest BCUT2D eigenvalue weighted by Crippen LogP contribution is 2.55. The zero-order valence-electron chi connectivity index (χ0n) is 36.2. The smallest absolute Gasteiger partial charge is 0.0358 e. The molecule has 3 atom stereocenters. The summed E-state index contributed by atoms with van der Waals surface area (Å²) in [6, 6.07) is 73.6. The fraction of sp³-hybridized carbons (Fsp3) is 0.161. The molecule has 1 heterocycles. The lowest BCUT2D eigenvalue weighted by Crippen LogP contribution is -2.17. The van der Waals surface area contributed by atoms with Crippen molar-refractivity contribution in [3.63, 3.8) is 0 Å². The fourth-order valence-corrected chi connectivity index (χ4v) is 12.8. The van der Waals surface area contributed by atoms with Gasteiger partial charge in [0.2, 0.25) is 0 Å². The largest absolute Gasteiger partial charge is 0.135 e. The lowest BCUT2D eigenvalue weighted by molar-refractivity contribution is 0.570. The lowest BCUT2D eigenvalue weighted by atomic mass is 9.76. The first-order chi connectivity index (χ1) is 30.9. The average Bonchev–Trinajstić information content (AvgIpc) is 3.94. The van der Waals surface area contributed by atoms with Crippen LogP contribution in [0.1, 0.15) is 89.5 Å². The Balaban J connectivity index is 0.907. The number of hydrogen-bond donors (Lipinski definition) is 0. The van der Waals surface area contributed by atoms with Gasteiger partial charge in [-0.05, 0) is 132 Å². The molecule has 0 saturated heterocycles. The summed E-state index contributed by atoms with van der Waals surface area (Å²) in [7, 11) is 0. The summed E-state index contributed by atoms with van der Waals surface area (Å²) < 4.78 is 2.74. The van der Waals surface area contributed by atoms with Crippen LogP contribution < -0.4 is 0 Å². The van der Waals surface area contributed by atoms with E-state index in [1.165, 1.54) is 109 Å². The summed E-state index contributed by atoms with van der Waals surface area (Å²) in [6.45, 7) is 7.40. The molecule has 0 fully saturated rings. The van der Waals surface area contributed by atoms with Gasteiger partial charge in [0.15, 0.2) is 0 Å². The monoisotopic (exact) mass is 826 g/mol. The third-order valence-corrected chi connectivity index (χ3v) is 16.0.